The molecule has 0 unspecified atom stereocenters. The average Bonchev–Trinajstić information content (AvgIpc) is 2.19. The van der Waals surface area contributed by atoms with Crippen molar-refractivity contribution in [2.45, 2.75) is 33.2 Å². The Morgan fingerprint density at radius 3 is 2.50 bits per heavy atom. The highest BCUT2D eigenvalue weighted by atomic mass is 16.5. The molecule has 1 rings (SSSR count). The SMILES string of the molecule is CCC/C(C)=[N+](/[O-])Cc1ccccc1. The first kappa shape index (κ1) is 10.8. The lowest BCUT2D eigenvalue weighted by molar-refractivity contribution is -0.476. The molecule has 0 N–H and O–H groups in total. The molecule has 1 aromatic rings. The smallest absolute Gasteiger partial charge is 0.178 e. The molecule has 76 valence electrons. The Labute approximate surface area is 85.5 Å². The van der Waals surface area contributed by atoms with E-state index in [4.69, 9.17) is 0 Å². The summed E-state index contributed by atoms with van der Waals surface area (Å²) < 4.78 is 1.08. The summed E-state index contributed by atoms with van der Waals surface area (Å²) in [5.74, 6) is 0. The number of benzene rings is 1. The molecule has 0 heterocycles. The van der Waals surface area contributed by atoms with Gasteiger partial charge in [0.25, 0.3) is 0 Å². The van der Waals surface area contributed by atoms with E-state index in [2.05, 4.69) is 6.92 Å². The molecule has 1 aromatic carbocycles. The number of hydrogen-bond donors (Lipinski definition) is 0. The number of hydrogen-bond acceptors (Lipinski definition) is 1. The van der Waals surface area contributed by atoms with E-state index >= 15 is 0 Å². The van der Waals surface area contributed by atoms with Crippen molar-refractivity contribution >= 4 is 5.71 Å². The molecule has 0 atom stereocenters. The zero-order valence-electron chi connectivity index (χ0n) is 8.86. The normalized spacial score (nSPS) is 12.4. The molecule has 0 saturated heterocycles. The minimum absolute atomic E-state index is 0.465. The van der Waals surface area contributed by atoms with Crippen molar-refractivity contribution in [1.29, 1.82) is 0 Å². The van der Waals surface area contributed by atoms with Crippen molar-refractivity contribution in [3.63, 3.8) is 0 Å². The fourth-order valence-corrected chi connectivity index (χ4v) is 1.37. The lowest BCUT2D eigenvalue weighted by Crippen LogP contribution is -2.12. The van der Waals surface area contributed by atoms with E-state index in [1.807, 2.05) is 37.3 Å². The molecule has 0 spiro atoms. The summed E-state index contributed by atoms with van der Waals surface area (Å²) in [5, 5.41) is 11.6. The second kappa shape index (κ2) is 5.43. The average molecular weight is 191 g/mol. The molecular formula is C12H17NO. The van der Waals surface area contributed by atoms with Crippen molar-refractivity contribution in [2.75, 3.05) is 0 Å². The van der Waals surface area contributed by atoms with E-state index in [1.54, 1.807) is 0 Å². The Morgan fingerprint density at radius 1 is 1.29 bits per heavy atom. The maximum atomic E-state index is 11.6. The summed E-state index contributed by atoms with van der Waals surface area (Å²) in [6, 6.07) is 9.83. The predicted molar refractivity (Wildman–Crippen MR) is 59.4 cm³/mol. The largest absolute Gasteiger partial charge is 0.624 e. The molecule has 0 bridgehead atoms. The van der Waals surface area contributed by atoms with Gasteiger partial charge in [0.05, 0.1) is 0 Å². The van der Waals surface area contributed by atoms with E-state index in [9.17, 15) is 5.21 Å². The number of nitrogens with zero attached hydrogens (tertiary/aromatic N) is 1. The van der Waals surface area contributed by atoms with Gasteiger partial charge in [-0.25, -0.2) is 4.74 Å². The van der Waals surface area contributed by atoms with E-state index in [1.165, 1.54) is 0 Å². The van der Waals surface area contributed by atoms with Gasteiger partial charge in [0.15, 0.2) is 12.3 Å². The number of rotatable bonds is 4. The van der Waals surface area contributed by atoms with Gasteiger partial charge in [-0.05, 0) is 6.42 Å². The summed E-state index contributed by atoms with van der Waals surface area (Å²) >= 11 is 0. The molecular weight excluding hydrogens is 174 g/mol. The van der Waals surface area contributed by atoms with Crippen LogP contribution in [-0.2, 0) is 6.54 Å². The maximum absolute atomic E-state index is 11.6. The molecule has 0 aromatic heterocycles. The van der Waals surface area contributed by atoms with Crippen LogP contribution in [0.15, 0.2) is 30.3 Å². The summed E-state index contributed by atoms with van der Waals surface area (Å²) in [4.78, 5) is 0. The highest BCUT2D eigenvalue weighted by Crippen LogP contribution is 2.01. The van der Waals surface area contributed by atoms with Crippen molar-refractivity contribution in [3.05, 3.63) is 41.1 Å². The van der Waals surface area contributed by atoms with Gasteiger partial charge in [-0.2, -0.15) is 0 Å². The predicted octanol–water partition coefficient (Wildman–Crippen LogP) is 2.96. The summed E-state index contributed by atoms with van der Waals surface area (Å²) in [7, 11) is 0. The Kier molecular flexibility index (Phi) is 4.17. The third-order valence-corrected chi connectivity index (χ3v) is 2.21. The van der Waals surface area contributed by atoms with Crippen LogP contribution in [0.25, 0.3) is 0 Å². The topological polar surface area (TPSA) is 26.1 Å². The molecule has 2 heteroatoms. The van der Waals surface area contributed by atoms with Crippen LogP contribution >= 0.6 is 0 Å². The van der Waals surface area contributed by atoms with Gasteiger partial charge in [0.1, 0.15) is 0 Å². The van der Waals surface area contributed by atoms with Crippen molar-refractivity contribution in [1.82, 2.24) is 0 Å². The fourth-order valence-electron chi connectivity index (χ4n) is 1.37. The minimum atomic E-state index is 0.465. The molecule has 0 saturated carbocycles. The zero-order chi connectivity index (χ0) is 10.4. The van der Waals surface area contributed by atoms with Crippen LogP contribution in [-0.4, -0.2) is 10.5 Å². The maximum Gasteiger partial charge on any atom is 0.178 e. The first-order valence-electron chi connectivity index (χ1n) is 5.05. The van der Waals surface area contributed by atoms with Crippen molar-refractivity contribution in [3.8, 4) is 0 Å². The summed E-state index contributed by atoms with van der Waals surface area (Å²) in [6.45, 7) is 4.45. The first-order valence-corrected chi connectivity index (χ1v) is 5.05. The monoisotopic (exact) mass is 191 g/mol. The Morgan fingerprint density at radius 2 is 1.93 bits per heavy atom. The molecule has 0 radical (unpaired) electrons. The van der Waals surface area contributed by atoms with Crippen LogP contribution in [0.2, 0.25) is 0 Å². The highest BCUT2D eigenvalue weighted by Gasteiger charge is 2.02. The Balaban J connectivity index is 2.65. The zero-order valence-corrected chi connectivity index (χ0v) is 8.86. The summed E-state index contributed by atoms with van der Waals surface area (Å²) in [5.41, 5.74) is 1.98. The van der Waals surface area contributed by atoms with Gasteiger partial charge in [-0.1, -0.05) is 37.3 Å². The lowest BCUT2D eigenvalue weighted by Gasteiger charge is -2.07. The van der Waals surface area contributed by atoms with Gasteiger partial charge in [0.2, 0.25) is 0 Å². The van der Waals surface area contributed by atoms with Gasteiger partial charge in [-0.3, -0.25) is 0 Å². The molecule has 0 aliphatic carbocycles. The molecule has 2 nitrogen and oxygen atoms in total. The standard InChI is InChI=1S/C12H17NO/c1-3-7-11(2)13(14)10-12-8-5-4-6-9-12/h4-6,8-9H,3,7,10H2,1-2H3/b13-11+. The molecule has 0 aliphatic rings. The van der Waals surface area contributed by atoms with E-state index in [0.717, 1.165) is 28.9 Å². The third-order valence-electron chi connectivity index (χ3n) is 2.21. The lowest BCUT2D eigenvalue weighted by atomic mass is 10.2. The van der Waals surface area contributed by atoms with E-state index in [-0.39, 0.29) is 0 Å². The summed E-state index contributed by atoms with van der Waals surface area (Å²) in [6.07, 6.45) is 1.91. The fraction of sp³-hybridized carbons (Fsp3) is 0.417. The van der Waals surface area contributed by atoms with Gasteiger partial charge < -0.3 is 5.21 Å². The van der Waals surface area contributed by atoms with Crippen LogP contribution in [0.5, 0.6) is 0 Å². The Bertz CT molecular complexity index is 303. The van der Waals surface area contributed by atoms with Crippen molar-refractivity contribution in [2.24, 2.45) is 0 Å². The first-order chi connectivity index (χ1) is 6.74. The Hall–Kier alpha value is -1.31. The van der Waals surface area contributed by atoms with Crippen LogP contribution < -0.4 is 0 Å². The molecule has 0 aliphatic heterocycles. The minimum Gasteiger partial charge on any atom is -0.624 e. The van der Waals surface area contributed by atoms with Crippen molar-refractivity contribution < 1.29 is 4.74 Å². The van der Waals surface area contributed by atoms with Crippen LogP contribution in [0, 0.1) is 5.21 Å². The van der Waals surface area contributed by atoms with Gasteiger partial charge >= 0.3 is 0 Å². The third kappa shape index (κ3) is 3.21. The van der Waals surface area contributed by atoms with Gasteiger partial charge in [0, 0.05) is 18.9 Å². The van der Waals surface area contributed by atoms with E-state index < -0.39 is 0 Å². The molecule has 14 heavy (non-hydrogen) atoms. The molecule has 0 amide bonds. The second-order valence-corrected chi connectivity index (χ2v) is 3.51. The molecule has 0 fully saturated rings. The van der Waals surface area contributed by atoms with Gasteiger partial charge in [-0.15, -0.1) is 0 Å². The van der Waals surface area contributed by atoms with Crippen LogP contribution in [0.4, 0.5) is 0 Å². The number of hydroxylamine groups is 1. The van der Waals surface area contributed by atoms with E-state index in [0.29, 0.717) is 6.54 Å². The second-order valence-electron chi connectivity index (χ2n) is 3.51. The quantitative estimate of drug-likeness (QED) is 0.311. The van der Waals surface area contributed by atoms with Crippen LogP contribution in [0.3, 0.4) is 0 Å². The highest BCUT2D eigenvalue weighted by molar-refractivity contribution is 5.76. The van der Waals surface area contributed by atoms with Crippen LogP contribution in [0.1, 0.15) is 32.3 Å².